The molecule has 126 valence electrons. The molecule has 0 aliphatic heterocycles. The van der Waals surface area contributed by atoms with E-state index in [9.17, 15) is 26.7 Å². The Morgan fingerprint density at radius 2 is 2.23 bits per heavy atom. The third-order valence-electron chi connectivity index (χ3n) is 2.84. The maximum absolute atomic E-state index is 12.3. The van der Waals surface area contributed by atoms with Crippen molar-refractivity contribution in [2.45, 2.75) is 31.8 Å². The van der Waals surface area contributed by atoms with Gasteiger partial charge in [0.25, 0.3) is 0 Å². The lowest BCUT2D eigenvalue weighted by atomic mass is 10.4. The number of alkyl halides is 5. The van der Waals surface area contributed by atoms with E-state index in [0.717, 1.165) is 6.20 Å². The number of rotatable bonds is 5. The fraction of sp³-hybridized carbons (Fsp3) is 0.545. The van der Waals surface area contributed by atoms with Crippen LogP contribution in [0.15, 0.2) is 12.3 Å². The quantitative estimate of drug-likeness (QED) is 0.813. The Morgan fingerprint density at radius 1 is 1.50 bits per heavy atom. The van der Waals surface area contributed by atoms with Crippen LogP contribution in [0.25, 0.3) is 0 Å². The zero-order valence-electron chi connectivity index (χ0n) is 10.9. The Morgan fingerprint density at radius 3 is 2.82 bits per heavy atom. The molecule has 0 spiro atoms. The zero-order valence-corrected chi connectivity index (χ0v) is 10.9. The molecule has 1 fully saturated rings. The lowest BCUT2D eigenvalue weighted by Gasteiger charge is -2.09. The first kappa shape index (κ1) is 16.2. The molecule has 0 aromatic carbocycles. The Balaban J connectivity index is 0.00000264. The van der Waals surface area contributed by atoms with Crippen molar-refractivity contribution < 1.29 is 34.3 Å². The summed E-state index contributed by atoms with van der Waals surface area (Å²) in [6, 6.07) is -0.960. The molecule has 0 unspecified atom stereocenters. The summed E-state index contributed by atoms with van der Waals surface area (Å²) in [7, 11) is 0. The fourth-order valence-corrected chi connectivity index (χ4v) is 1.72. The zero-order chi connectivity index (χ0) is 16.3. The standard InChI is InChI=1S/C11H11F5N4O2.2H2/c12-8(13)22-10-17-2-1-5(19-10)4-18-9(21)20-7-3-6(7)11(14,15)16;;/h1-2,6-8H,3-4H2,(H2,18,20,21);2*1H/t6-,7-;;/m1../s1. The number of aromatic nitrogens is 2. The van der Waals surface area contributed by atoms with Gasteiger partial charge >= 0.3 is 24.8 Å². The smallest absolute Gasteiger partial charge is 0.393 e. The monoisotopic (exact) mass is 330 g/mol. The second-order valence-corrected chi connectivity index (χ2v) is 4.53. The number of carbonyl (C=O) groups excluding carboxylic acids is 1. The van der Waals surface area contributed by atoms with Crippen molar-refractivity contribution in [1.29, 1.82) is 0 Å². The van der Waals surface area contributed by atoms with Gasteiger partial charge in [-0.2, -0.15) is 26.9 Å². The van der Waals surface area contributed by atoms with Gasteiger partial charge in [0.15, 0.2) is 0 Å². The molecule has 0 radical (unpaired) electrons. The highest BCUT2D eigenvalue weighted by Gasteiger charge is 2.56. The van der Waals surface area contributed by atoms with E-state index in [1.165, 1.54) is 6.07 Å². The van der Waals surface area contributed by atoms with Crippen LogP contribution in [0.4, 0.5) is 26.7 Å². The van der Waals surface area contributed by atoms with Crippen molar-refractivity contribution in [2.75, 3.05) is 0 Å². The summed E-state index contributed by atoms with van der Waals surface area (Å²) in [5.41, 5.74) is 0.170. The van der Waals surface area contributed by atoms with Gasteiger partial charge in [-0.25, -0.2) is 9.78 Å². The SMILES string of the molecule is O=C(NCc1ccnc(OC(F)F)n1)N[C@@H]1C[C@H]1C(F)(F)F.[HH].[HH]. The minimum absolute atomic E-state index is 0. The molecule has 0 bridgehead atoms. The number of amides is 2. The molecule has 1 aliphatic rings. The van der Waals surface area contributed by atoms with Crippen LogP contribution in [0.5, 0.6) is 6.01 Å². The van der Waals surface area contributed by atoms with Gasteiger partial charge in [-0.3, -0.25) is 0 Å². The van der Waals surface area contributed by atoms with Crippen molar-refractivity contribution in [1.82, 2.24) is 20.6 Å². The predicted molar refractivity (Wildman–Crippen MR) is 66.2 cm³/mol. The summed E-state index contributed by atoms with van der Waals surface area (Å²) < 4.78 is 64.8. The van der Waals surface area contributed by atoms with Gasteiger partial charge in [0, 0.05) is 15.1 Å². The topological polar surface area (TPSA) is 76.1 Å². The summed E-state index contributed by atoms with van der Waals surface area (Å²) in [5, 5.41) is 4.43. The van der Waals surface area contributed by atoms with Crippen molar-refractivity contribution in [2.24, 2.45) is 5.92 Å². The van der Waals surface area contributed by atoms with Gasteiger partial charge in [0.05, 0.1) is 18.2 Å². The third-order valence-corrected chi connectivity index (χ3v) is 2.84. The normalized spacial score (nSPS) is 20.6. The van der Waals surface area contributed by atoms with Gasteiger partial charge in [-0.1, -0.05) is 0 Å². The third kappa shape index (κ3) is 4.67. The van der Waals surface area contributed by atoms with Crippen LogP contribution in [-0.2, 0) is 6.54 Å². The molecular formula is C11H15F5N4O2. The second kappa shape index (κ2) is 6.28. The average Bonchev–Trinajstić information content (AvgIpc) is 3.15. The summed E-state index contributed by atoms with van der Waals surface area (Å²) >= 11 is 0. The van der Waals surface area contributed by atoms with E-state index in [0.29, 0.717) is 0 Å². The molecule has 6 nitrogen and oxygen atoms in total. The lowest BCUT2D eigenvalue weighted by molar-refractivity contribution is -0.148. The van der Waals surface area contributed by atoms with Crippen molar-refractivity contribution >= 4 is 6.03 Å². The number of nitrogens with one attached hydrogen (secondary N) is 2. The first-order valence-corrected chi connectivity index (χ1v) is 6.13. The van der Waals surface area contributed by atoms with E-state index in [2.05, 4.69) is 25.3 Å². The highest BCUT2D eigenvalue weighted by Crippen LogP contribution is 2.44. The number of ether oxygens (including phenoxy) is 1. The van der Waals surface area contributed by atoms with Crippen LogP contribution in [0.1, 0.15) is 15.0 Å². The lowest BCUT2D eigenvalue weighted by Crippen LogP contribution is -2.38. The number of nitrogens with zero attached hydrogens (tertiary/aromatic N) is 2. The number of halogens is 5. The van der Waals surface area contributed by atoms with Crippen LogP contribution in [0.2, 0.25) is 0 Å². The molecule has 1 aliphatic carbocycles. The van der Waals surface area contributed by atoms with E-state index < -0.39 is 36.8 Å². The minimum Gasteiger partial charge on any atom is -0.401 e. The summed E-state index contributed by atoms with van der Waals surface area (Å²) in [6.07, 6.45) is -3.33. The van der Waals surface area contributed by atoms with Crippen molar-refractivity contribution in [3.8, 4) is 6.01 Å². The molecule has 1 saturated carbocycles. The number of hydrogen-bond donors (Lipinski definition) is 2. The maximum atomic E-state index is 12.3. The highest BCUT2D eigenvalue weighted by atomic mass is 19.4. The van der Waals surface area contributed by atoms with Gasteiger partial charge in [-0.05, 0) is 12.5 Å². The van der Waals surface area contributed by atoms with E-state index in [1.807, 2.05) is 0 Å². The molecule has 1 heterocycles. The predicted octanol–water partition coefficient (Wildman–Crippen LogP) is 2.32. The molecule has 1 aromatic rings. The maximum Gasteiger partial charge on any atom is 0.393 e. The van der Waals surface area contributed by atoms with Crippen molar-refractivity contribution in [3.63, 3.8) is 0 Å². The van der Waals surface area contributed by atoms with E-state index in [-0.39, 0.29) is 21.5 Å². The minimum atomic E-state index is -4.33. The Kier molecular flexibility index (Phi) is 4.62. The van der Waals surface area contributed by atoms with Gasteiger partial charge in [-0.15, -0.1) is 0 Å². The molecule has 2 rings (SSSR count). The van der Waals surface area contributed by atoms with Crippen LogP contribution in [0, 0.1) is 5.92 Å². The summed E-state index contributed by atoms with van der Waals surface area (Å²) in [6.45, 7) is -3.25. The Labute approximate surface area is 124 Å². The molecule has 2 amide bonds. The molecule has 22 heavy (non-hydrogen) atoms. The number of hydrogen-bond acceptors (Lipinski definition) is 4. The van der Waals surface area contributed by atoms with Gasteiger partial charge in [0.2, 0.25) is 0 Å². The van der Waals surface area contributed by atoms with E-state index >= 15 is 0 Å². The van der Waals surface area contributed by atoms with Crippen LogP contribution >= 0.6 is 0 Å². The summed E-state index contributed by atoms with van der Waals surface area (Å²) in [4.78, 5) is 18.5. The van der Waals surface area contributed by atoms with E-state index in [4.69, 9.17) is 0 Å². The molecule has 2 N–H and O–H groups in total. The summed E-state index contributed by atoms with van der Waals surface area (Å²) in [5.74, 6) is -1.52. The van der Waals surface area contributed by atoms with E-state index in [1.54, 1.807) is 0 Å². The molecule has 0 saturated heterocycles. The Bertz CT molecular complexity index is 549. The fourth-order valence-electron chi connectivity index (χ4n) is 1.72. The first-order valence-electron chi connectivity index (χ1n) is 6.13. The molecule has 1 aromatic heterocycles. The number of urea groups is 1. The van der Waals surface area contributed by atoms with Crippen LogP contribution in [-0.4, -0.2) is 34.8 Å². The van der Waals surface area contributed by atoms with Crippen LogP contribution < -0.4 is 15.4 Å². The van der Waals surface area contributed by atoms with Crippen molar-refractivity contribution in [3.05, 3.63) is 18.0 Å². The molecule has 11 heteroatoms. The average molecular weight is 330 g/mol. The largest absolute Gasteiger partial charge is 0.401 e. The Hall–Kier alpha value is -2.20. The molecular weight excluding hydrogens is 315 g/mol. The van der Waals surface area contributed by atoms with Crippen LogP contribution in [0.3, 0.4) is 0 Å². The molecule has 2 atom stereocenters. The number of carbonyl (C=O) groups is 1. The second-order valence-electron chi connectivity index (χ2n) is 4.53. The van der Waals surface area contributed by atoms with Gasteiger partial charge in [0.1, 0.15) is 0 Å². The van der Waals surface area contributed by atoms with Gasteiger partial charge < -0.3 is 15.4 Å². The highest BCUT2D eigenvalue weighted by molar-refractivity contribution is 5.74. The first-order chi connectivity index (χ1) is 10.3.